The van der Waals surface area contributed by atoms with Crippen molar-refractivity contribution in [3.8, 4) is 23.3 Å². The van der Waals surface area contributed by atoms with Gasteiger partial charge in [-0.25, -0.2) is 9.79 Å². The van der Waals surface area contributed by atoms with Crippen LogP contribution in [0.1, 0.15) is 42.1 Å². The molecule has 9 nitrogen and oxygen atoms in total. The first-order valence-electron chi connectivity index (χ1n) is 13.6. The molecule has 0 saturated heterocycles. The van der Waals surface area contributed by atoms with Gasteiger partial charge in [0.05, 0.1) is 58.8 Å². The molecular formula is C33H28BrN3O6S. The predicted molar refractivity (Wildman–Crippen MR) is 170 cm³/mol. The average molecular weight is 675 g/mol. The van der Waals surface area contributed by atoms with Crippen LogP contribution >= 0.6 is 27.3 Å². The number of ether oxygens (including phenoxy) is 4. The Kier molecular flexibility index (Phi) is 9.32. The Morgan fingerprint density at radius 2 is 1.84 bits per heavy atom. The van der Waals surface area contributed by atoms with Crippen molar-refractivity contribution in [1.29, 1.82) is 5.26 Å². The number of nitriles is 1. The van der Waals surface area contributed by atoms with Crippen molar-refractivity contribution in [2.75, 3.05) is 20.8 Å². The van der Waals surface area contributed by atoms with Gasteiger partial charge in [0, 0.05) is 5.56 Å². The van der Waals surface area contributed by atoms with Crippen molar-refractivity contribution < 1.29 is 23.7 Å². The molecule has 2 heterocycles. The van der Waals surface area contributed by atoms with Gasteiger partial charge in [0.2, 0.25) is 0 Å². The molecule has 0 fully saturated rings. The molecule has 1 aliphatic rings. The Bertz CT molecular complexity index is 2010. The molecule has 0 N–H and O–H groups in total. The predicted octanol–water partition coefficient (Wildman–Crippen LogP) is 5.03. The van der Waals surface area contributed by atoms with E-state index in [1.807, 2.05) is 30.3 Å². The fourth-order valence-electron chi connectivity index (χ4n) is 4.91. The van der Waals surface area contributed by atoms with Crippen LogP contribution in [0.5, 0.6) is 17.2 Å². The van der Waals surface area contributed by atoms with Gasteiger partial charge in [0.25, 0.3) is 5.56 Å². The number of hydrogen-bond donors (Lipinski definition) is 0. The summed E-state index contributed by atoms with van der Waals surface area (Å²) in [6.45, 7) is 3.86. The summed E-state index contributed by atoms with van der Waals surface area (Å²) < 4.78 is 25.0. The number of benzene rings is 3. The second-order valence-corrected chi connectivity index (χ2v) is 11.5. The van der Waals surface area contributed by atoms with Crippen LogP contribution in [-0.2, 0) is 16.1 Å². The van der Waals surface area contributed by atoms with Crippen LogP contribution in [0, 0.1) is 11.3 Å². The molecule has 44 heavy (non-hydrogen) atoms. The summed E-state index contributed by atoms with van der Waals surface area (Å²) in [5, 5.41) is 9.37. The highest BCUT2D eigenvalue weighted by Gasteiger charge is 2.33. The van der Waals surface area contributed by atoms with E-state index in [9.17, 15) is 14.9 Å². The molecule has 0 unspecified atom stereocenters. The maximum atomic E-state index is 14.0. The molecule has 5 rings (SSSR count). The van der Waals surface area contributed by atoms with Gasteiger partial charge in [-0.05, 0) is 77.3 Å². The number of methoxy groups -OCH3 is 2. The average Bonchev–Trinajstić information content (AvgIpc) is 3.33. The summed E-state index contributed by atoms with van der Waals surface area (Å²) in [5.41, 5.74) is 3.19. The largest absolute Gasteiger partial charge is 0.496 e. The van der Waals surface area contributed by atoms with Crippen LogP contribution in [-0.4, -0.2) is 31.4 Å². The van der Waals surface area contributed by atoms with Gasteiger partial charge in [0.15, 0.2) is 16.3 Å². The fraction of sp³-hybridized carbons (Fsp3) is 0.212. The van der Waals surface area contributed by atoms with Crippen molar-refractivity contribution in [3.05, 3.63) is 118 Å². The first-order valence-corrected chi connectivity index (χ1v) is 15.2. The lowest BCUT2D eigenvalue weighted by Gasteiger charge is -2.25. The zero-order valence-electron chi connectivity index (χ0n) is 24.4. The molecule has 3 aromatic carbocycles. The summed E-state index contributed by atoms with van der Waals surface area (Å²) in [4.78, 5) is 32.2. The number of carbonyl (C=O) groups is 1. The van der Waals surface area contributed by atoms with Crippen LogP contribution in [0.3, 0.4) is 0 Å². The lowest BCUT2D eigenvalue weighted by Crippen LogP contribution is -2.39. The minimum absolute atomic E-state index is 0.186. The number of hydrogen-bond acceptors (Lipinski definition) is 9. The van der Waals surface area contributed by atoms with Crippen LogP contribution in [0.15, 0.2) is 86.2 Å². The van der Waals surface area contributed by atoms with Gasteiger partial charge >= 0.3 is 5.97 Å². The van der Waals surface area contributed by atoms with Gasteiger partial charge in [-0.1, -0.05) is 41.7 Å². The van der Waals surface area contributed by atoms with Crippen molar-refractivity contribution >= 4 is 39.3 Å². The summed E-state index contributed by atoms with van der Waals surface area (Å²) in [7, 11) is 3.11. The lowest BCUT2D eigenvalue weighted by atomic mass is 9.96. The number of nitrogens with zero attached hydrogens (tertiary/aromatic N) is 3. The minimum Gasteiger partial charge on any atom is -0.496 e. The van der Waals surface area contributed by atoms with Crippen molar-refractivity contribution in [3.63, 3.8) is 0 Å². The Morgan fingerprint density at radius 1 is 1.09 bits per heavy atom. The highest BCUT2D eigenvalue weighted by atomic mass is 79.9. The van der Waals surface area contributed by atoms with E-state index in [0.717, 1.165) is 5.56 Å². The van der Waals surface area contributed by atoms with Crippen molar-refractivity contribution in [2.45, 2.75) is 26.5 Å². The third-order valence-electron chi connectivity index (χ3n) is 7.02. The van der Waals surface area contributed by atoms with Crippen LogP contribution in [0.4, 0.5) is 0 Å². The van der Waals surface area contributed by atoms with Gasteiger partial charge < -0.3 is 18.9 Å². The van der Waals surface area contributed by atoms with E-state index in [1.54, 1.807) is 57.4 Å². The van der Waals surface area contributed by atoms with Gasteiger partial charge in [-0.15, -0.1) is 0 Å². The Morgan fingerprint density at radius 3 is 2.55 bits per heavy atom. The number of halogens is 1. The molecule has 0 bridgehead atoms. The number of thiazole rings is 1. The van der Waals surface area contributed by atoms with Crippen LogP contribution < -0.4 is 29.1 Å². The zero-order chi connectivity index (χ0) is 31.4. The number of rotatable bonds is 9. The van der Waals surface area contributed by atoms with E-state index in [0.29, 0.717) is 59.0 Å². The Balaban J connectivity index is 1.56. The molecule has 0 saturated carbocycles. The summed E-state index contributed by atoms with van der Waals surface area (Å²) in [6.07, 6.45) is 1.76. The van der Waals surface area contributed by atoms with Crippen LogP contribution in [0.2, 0.25) is 0 Å². The first kappa shape index (κ1) is 30.8. The van der Waals surface area contributed by atoms with E-state index in [1.165, 1.54) is 23.0 Å². The molecule has 11 heteroatoms. The summed E-state index contributed by atoms with van der Waals surface area (Å²) >= 11 is 4.76. The lowest BCUT2D eigenvalue weighted by molar-refractivity contribution is -0.139. The number of carbonyl (C=O) groups excluding carboxylic acids is 1. The maximum Gasteiger partial charge on any atom is 0.338 e. The molecule has 1 aliphatic heterocycles. The third-order valence-corrected chi connectivity index (χ3v) is 8.62. The first-order chi connectivity index (χ1) is 21.3. The summed E-state index contributed by atoms with van der Waals surface area (Å²) in [6, 6.07) is 19.4. The van der Waals surface area contributed by atoms with Gasteiger partial charge in [0.1, 0.15) is 12.4 Å². The third kappa shape index (κ3) is 6.04. The quantitative estimate of drug-likeness (QED) is 0.229. The number of esters is 1. The molecule has 224 valence electrons. The SMILES string of the molecule is CCOC(=O)C1=C(C)N=c2s/c(=C/c3ccc(OCc4ccccc4C#N)c(OC)c3)c(=O)n2[C@@H]1c1ccc(OC)c(Br)c1. The van der Waals surface area contributed by atoms with E-state index >= 15 is 0 Å². The molecule has 1 aromatic heterocycles. The van der Waals surface area contributed by atoms with Crippen molar-refractivity contribution in [1.82, 2.24) is 4.57 Å². The molecule has 0 spiro atoms. The molecule has 4 aromatic rings. The normalized spacial score (nSPS) is 14.4. The molecule has 0 radical (unpaired) electrons. The molecule has 0 amide bonds. The Labute approximate surface area is 266 Å². The van der Waals surface area contributed by atoms with Gasteiger partial charge in [-0.2, -0.15) is 5.26 Å². The Hall–Kier alpha value is -4.66. The standard InChI is InChI=1S/C33H28BrN3O6S/c1-5-42-32(39)29-19(2)36-33-37(30(29)21-11-13-25(40-3)24(34)16-21)31(38)28(44-33)15-20-10-12-26(27(14-20)41-4)43-18-23-9-7-6-8-22(23)17-35/h6-16,30H,5,18H2,1-4H3/b28-15+/t30-/m1/s1. The number of aromatic nitrogens is 1. The summed E-state index contributed by atoms with van der Waals surface area (Å²) in [5.74, 6) is 1.06. The monoisotopic (exact) mass is 673 g/mol. The van der Waals surface area contributed by atoms with E-state index in [2.05, 4.69) is 27.0 Å². The second kappa shape index (κ2) is 13.3. The topological polar surface area (TPSA) is 112 Å². The second-order valence-electron chi connectivity index (χ2n) is 9.66. The van der Waals surface area contributed by atoms with E-state index < -0.39 is 12.0 Å². The van der Waals surface area contributed by atoms with E-state index in [-0.39, 0.29) is 18.8 Å². The number of allylic oxidation sites excluding steroid dienone is 1. The zero-order valence-corrected chi connectivity index (χ0v) is 26.8. The van der Waals surface area contributed by atoms with Crippen LogP contribution in [0.25, 0.3) is 6.08 Å². The number of fused-ring (bicyclic) bond motifs is 1. The van der Waals surface area contributed by atoms with E-state index in [4.69, 9.17) is 18.9 Å². The molecule has 1 atom stereocenters. The molecule has 0 aliphatic carbocycles. The molecular weight excluding hydrogens is 646 g/mol. The van der Waals surface area contributed by atoms with Gasteiger partial charge in [-0.3, -0.25) is 9.36 Å². The minimum atomic E-state index is -0.753. The van der Waals surface area contributed by atoms with Crippen molar-refractivity contribution in [2.24, 2.45) is 4.99 Å². The fourth-order valence-corrected chi connectivity index (χ4v) is 6.52. The highest BCUT2D eigenvalue weighted by molar-refractivity contribution is 9.10. The maximum absolute atomic E-state index is 14.0. The smallest absolute Gasteiger partial charge is 0.338 e. The highest BCUT2D eigenvalue weighted by Crippen LogP contribution is 2.35.